The number of pyridine rings is 1. The molecule has 4 aromatic rings. The Balaban J connectivity index is 0.00000124. The molecule has 0 saturated heterocycles. The number of carbonyl (C=O) groups is 1. The van der Waals surface area contributed by atoms with Crippen LogP contribution in [-0.2, 0) is 0 Å². The maximum atomic E-state index is 13.6. The highest BCUT2D eigenvalue weighted by atomic mass is 19.1. The van der Waals surface area contributed by atoms with Crippen LogP contribution in [0.1, 0.15) is 29.9 Å². The number of nitrogens with zero attached hydrogens (tertiary/aromatic N) is 2. The minimum Gasteiger partial charge on any atom is -0.267 e. The molecule has 0 aliphatic heterocycles. The van der Waals surface area contributed by atoms with Crippen LogP contribution in [0.4, 0.5) is 15.8 Å². The molecule has 0 fully saturated rings. The van der Waals surface area contributed by atoms with Gasteiger partial charge in [0.15, 0.2) is 0 Å². The van der Waals surface area contributed by atoms with Crippen molar-refractivity contribution in [3.8, 4) is 0 Å². The van der Waals surface area contributed by atoms with E-state index in [1.54, 1.807) is 24.1 Å². The number of fused-ring (bicyclic) bond motifs is 1. The van der Waals surface area contributed by atoms with Gasteiger partial charge < -0.3 is 0 Å². The molecule has 0 bridgehead atoms. The van der Waals surface area contributed by atoms with Gasteiger partial charge in [0.25, 0.3) is 5.91 Å². The molecule has 0 aliphatic rings. The SMILES string of the molecule is CC.Cc1nc2ccc(F)cc2cc1C(=O)NN(c1ccccc1)c1ccccc1. The molecule has 1 N–H and O–H groups in total. The topological polar surface area (TPSA) is 45.2 Å². The maximum absolute atomic E-state index is 13.6. The van der Waals surface area contributed by atoms with E-state index in [2.05, 4.69) is 10.4 Å². The van der Waals surface area contributed by atoms with Gasteiger partial charge in [-0.2, -0.15) is 0 Å². The van der Waals surface area contributed by atoms with Gasteiger partial charge in [0.1, 0.15) is 5.82 Å². The van der Waals surface area contributed by atoms with E-state index < -0.39 is 0 Å². The third kappa shape index (κ3) is 4.63. The normalized spacial score (nSPS) is 10.1. The Bertz CT molecular complexity index is 1090. The van der Waals surface area contributed by atoms with E-state index in [4.69, 9.17) is 0 Å². The van der Waals surface area contributed by atoms with Crippen molar-refractivity contribution >= 4 is 28.2 Å². The molecule has 3 aromatic carbocycles. The number of carbonyl (C=O) groups excluding carboxylic acids is 1. The summed E-state index contributed by atoms with van der Waals surface area (Å²) >= 11 is 0. The lowest BCUT2D eigenvalue weighted by Crippen LogP contribution is -2.39. The molecule has 152 valence electrons. The number of amides is 1. The van der Waals surface area contributed by atoms with E-state index in [9.17, 15) is 9.18 Å². The van der Waals surface area contributed by atoms with Crippen LogP contribution in [0.25, 0.3) is 10.9 Å². The van der Waals surface area contributed by atoms with Crippen LogP contribution >= 0.6 is 0 Å². The molecule has 0 radical (unpaired) electrons. The largest absolute Gasteiger partial charge is 0.271 e. The molecule has 0 saturated carbocycles. The molecule has 30 heavy (non-hydrogen) atoms. The number of hydrazine groups is 1. The number of halogens is 1. The lowest BCUT2D eigenvalue weighted by molar-refractivity contribution is 0.0953. The van der Waals surface area contributed by atoms with Gasteiger partial charge >= 0.3 is 0 Å². The van der Waals surface area contributed by atoms with E-state index in [0.29, 0.717) is 22.2 Å². The molecule has 0 spiro atoms. The predicted molar refractivity (Wildman–Crippen MR) is 120 cm³/mol. The molecular formula is C25H24FN3O. The Hall–Kier alpha value is -3.73. The summed E-state index contributed by atoms with van der Waals surface area (Å²) < 4.78 is 13.6. The molecule has 0 atom stereocenters. The molecule has 4 rings (SSSR count). The van der Waals surface area contributed by atoms with Crippen molar-refractivity contribution in [2.75, 3.05) is 5.01 Å². The minimum atomic E-state index is -0.361. The summed E-state index contributed by atoms with van der Waals surface area (Å²) in [6.07, 6.45) is 0. The number of para-hydroxylation sites is 2. The van der Waals surface area contributed by atoms with Gasteiger partial charge in [0.2, 0.25) is 0 Å². The lowest BCUT2D eigenvalue weighted by atomic mass is 10.1. The average molecular weight is 401 g/mol. The van der Waals surface area contributed by atoms with Gasteiger partial charge in [-0.05, 0) is 55.5 Å². The quantitative estimate of drug-likeness (QED) is 0.415. The van der Waals surface area contributed by atoms with Crippen LogP contribution in [0, 0.1) is 12.7 Å². The summed E-state index contributed by atoms with van der Waals surface area (Å²) in [5, 5.41) is 2.30. The van der Waals surface area contributed by atoms with Crippen LogP contribution in [-0.4, -0.2) is 10.9 Å². The van der Waals surface area contributed by atoms with Crippen LogP contribution in [0.3, 0.4) is 0 Å². The van der Waals surface area contributed by atoms with E-state index in [1.165, 1.54) is 12.1 Å². The summed E-state index contributed by atoms with van der Waals surface area (Å²) in [7, 11) is 0. The summed E-state index contributed by atoms with van der Waals surface area (Å²) in [5.41, 5.74) is 6.22. The fourth-order valence-electron chi connectivity index (χ4n) is 3.07. The number of hydrogen-bond donors (Lipinski definition) is 1. The molecule has 0 aliphatic carbocycles. The van der Waals surface area contributed by atoms with E-state index in [0.717, 1.165) is 11.4 Å². The van der Waals surface area contributed by atoms with E-state index in [-0.39, 0.29) is 11.7 Å². The van der Waals surface area contributed by atoms with Crippen molar-refractivity contribution < 1.29 is 9.18 Å². The maximum Gasteiger partial charge on any atom is 0.271 e. The fraction of sp³-hybridized carbons (Fsp3) is 0.120. The summed E-state index contributed by atoms with van der Waals surface area (Å²) in [6, 6.07) is 25.1. The first kappa shape index (κ1) is 21.0. The second kappa shape index (κ2) is 9.65. The molecule has 1 aromatic heterocycles. The third-order valence-corrected chi connectivity index (χ3v) is 4.45. The number of nitrogens with one attached hydrogen (secondary N) is 1. The standard InChI is InChI=1S/C23H18FN3O.C2H6/c1-16-21(15-17-14-18(24)12-13-22(17)25-16)23(28)26-27(19-8-4-2-5-9-19)20-10-6-3-7-11-20;1-2/h2-15H,1H3,(H,26,28);1-2H3. The first-order chi connectivity index (χ1) is 14.6. The smallest absolute Gasteiger partial charge is 0.267 e. The fourth-order valence-corrected chi connectivity index (χ4v) is 3.07. The van der Waals surface area contributed by atoms with Crippen LogP contribution < -0.4 is 10.4 Å². The molecule has 0 unspecified atom stereocenters. The molecule has 4 nitrogen and oxygen atoms in total. The van der Waals surface area contributed by atoms with Crippen LogP contribution in [0.2, 0.25) is 0 Å². The average Bonchev–Trinajstić information content (AvgIpc) is 2.79. The van der Waals surface area contributed by atoms with Gasteiger partial charge in [0, 0.05) is 5.39 Å². The Morgan fingerprint density at radius 3 is 2.00 bits per heavy atom. The van der Waals surface area contributed by atoms with Crippen LogP contribution in [0.15, 0.2) is 84.9 Å². The Labute approximate surface area is 176 Å². The van der Waals surface area contributed by atoms with Crippen molar-refractivity contribution in [3.05, 3.63) is 102 Å². The van der Waals surface area contributed by atoms with E-state index in [1.807, 2.05) is 74.5 Å². The third-order valence-electron chi connectivity index (χ3n) is 4.45. The van der Waals surface area contributed by atoms with Gasteiger partial charge in [-0.25, -0.2) is 4.39 Å². The van der Waals surface area contributed by atoms with Gasteiger partial charge in [0.05, 0.1) is 28.1 Å². The monoisotopic (exact) mass is 401 g/mol. The van der Waals surface area contributed by atoms with Gasteiger partial charge in [-0.15, -0.1) is 0 Å². The van der Waals surface area contributed by atoms with Crippen molar-refractivity contribution in [3.63, 3.8) is 0 Å². The highest BCUT2D eigenvalue weighted by Crippen LogP contribution is 2.24. The Kier molecular flexibility index (Phi) is 6.75. The number of rotatable bonds is 4. The number of aryl methyl sites for hydroxylation is 1. The highest BCUT2D eigenvalue weighted by molar-refractivity contribution is 6.00. The highest BCUT2D eigenvalue weighted by Gasteiger charge is 2.17. The predicted octanol–water partition coefficient (Wildman–Crippen LogP) is 6.19. The van der Waals surface area contributed by atoms with Crippen LogP contribution in [0.5, 0.6) is 0 Å². The number of benzene rings is 3. The van der Waals surface area contributed by atoms with E-state index >= 15 is 0 Å². The summed E-state index contributed by atoms with van der Waals surface area (Å²) in [5.74, 6) is -0.677. The zero-order valence-electron chi connectivity index (χ0n) is 17.3. The first-order valence-electron chi connectivity index (χ1n) is 9.90. The number of aromatic nitrogens is 1. The first-order valence-corrected chi connectivity index (χ1v) is 9.90. The second-order valence-electron chi connectivity index (χ2n) is 6.41. The Morgan fingerprint density at radius 2 is 1.43 bits per heavy atom. The molecule has 1 heterocycles. The van der Waals surface area contributed by atoms with Crippen molar-refractivity contribution in [2.45, 2.75) is 20.8 Å². The second-order valence-corrected chi connectivity index (χ2v) is 6.41. The molecule has 5 heteroatoms. The number of anilines is 2. The van der Waals surface area contributed by atoms with Gasteiger partial charge in [-0.1, -0.05) is 50.2 Å². The minimum absolute atomic E-state index is 0.316. The molecular weight excluding hydrogens is 377 g/mol. The molecule has 1 amide bonds. The van der Waals surface area contributed by atoms with Crippen molar-refractivity contribution in [2.24, 2.45) is 0 Å². The summed E-state index contributed by atoms with van der Waals surface area (Å²) in [4.78, 5) is 17.5. The van der Waals surface area contributed by atoms with Gasteiger partial charge in [-0.3, -0.25) is 20.2 Å². The van der Waals surface area contributed by atoms with Crippen molar-refractivity contribution in [1.82, 2.24) is 10.4 Å². The lowest BCUT2D eigenvalue weighted by Gasteiger charge is -2.25. The zero-order valence-corrected chi connectivity index (χ0v) is 17.3. The summed E-state index contributed by atoms with van der Waals surface area (Å²) in [6.45, 7) is 5.77. The zero-order chi connectivity index (χ0) is 21.5. The number of hydrogen-bond acceptors (Lipinski definition) is 3. The Morgan fingerprint density at radius 1 is 0.867 bits per heavy atom. The van der Waals surface area contributed by atoms with Crippen molar-refractivity contribution in [1.29, 1.82) is 0 Å².